The molecule has 32 heavy (non-hydrogen) atoms. The number of hydrogen-bond donors (Lipinski definition) is 5. The summed E-state index contributed by atoms with van der Waals surface area (Å²) in [4.78, 5) is 12.6. The molecule has 1 heterocycles. The first kappa shape index (κ1) is 24.6. The van der Waals surface area contributed by atoms with Crippen molar-refractivity contribution in [3.05, 3.63) is 64.2 Å². The standard InChI is InChI=1S/C23H27ClO8/c24-18-6-3-14(20(27)22(29)23(30)21(28)19(26)11-25)10-15(18)9-13-1-4-16(5-2-13)32-17-7-8-31-12-17/h1-6,10,17,19,21-23,25-26,28-30H,7-9,11-12H2/t17-,19?,21?,22?,23?/m0/s1. The molecule has 0 amide bonds. The Labute approximate surface area is 190 Å². The second-order valence-electron chi connectivity index (χ2n) is 7.77. The van der Waals surface area contributed by atoms with Crippen LogP contribution >= 0.6 is 11.6 Å². The van der Waals surface area contributed by atoms with E-state index in [-0.39, 0.29) is 11.7 Å². The highest BCUT2D eigenvalue weighted by atomic mass is 35.5. The number of carbonyl (C=O) groups excluding carboxylic acids is 1. The van der Waals surface area contributed by atoms with Gasteiger partial charge in [-0.25, -0.2) is 0 Å². The molecule has 1 aliphatic rings. The molecule has 0 spiro atoms. The number of aliphatic hydroxyl groups excluding tert-OH is 5. The number of ketones is 1. The van der Waals surface area contributed by atoms with Crippen LogP contribution in [0, 0.1) is 0 Å². The first-order valence-corrected chi connectivity index (χ1v) is 10.7. The average molecular weight is 467 g/mol. The monoisotopic (exact) mass is 466 g/mol. The number of Topliss-reactive ketones (excluding diaryl/α,β-unsaturated/α-hetero) is 1. The molecule has 0 aromatic heterocycles. The topological polar surface area (TPSA) is 137 Å². The number of ether oxygens (including phenoxy) is 2. The van der Waals surface area contributed by atoms with Gasteiger partial charge in [-0.05, 0) is 47.9 Å². The average Bonchev–Trinajstić information content (AvgIpc) is 3.32. The molecule has 2 aromatic carbocycles. The molecule has 3 rings (SSSR count). The molecular weight excluding hydrogens is 440 g/mol. The van der Waals surface area contributed by atoms with E-state index in [1.165, 1.54) is 18.2 Å². The minimum Gasteiger partial charge on any atom is -0.488 e. The van der Waals surface area contributed by atoms with Crippen LogP contribution in [0.3, 0.4) is 0 Å². The van der Waals surface area contributed by atoms with E-state index in [0.717, 1.165) is 17.7 Å². The van der Waals surface area contributed by atoms with Gasteiger partial charge in [0.2, 0.25) is 0 Å². The zero-order valence-electron chi connectivity index (χ0n) is 17.3. The second-order valence-corrected chi connectivity index (χ2v) is 8.18. The van der Waals surface area contributed by atoms with Crippen molar-refractivity contribution in [3.8, 4) is 5.75 Å². The van der Waals surface area contributed by atoms with Gasteiger partial charge in [-0.3, -0.25) is 4.79 Å². The SMILES string of the molecule is O=C(c1ccc(Cl)c(Cc2ccc(O[C@H]3CCOC3)cc2)c1)C(O)C(O)C(O)C(O)CO. The minimum absolute atomic E-state index is 0.0526. The van der Waals surface area contributed by atoms with Gasteiger partial charge in [0.15, 0.2) is 5.78 Å². The second kappa shape index (κ2) is 11.2. The van der Waals surface area contributed by atoms with Crippen molar-refractivity contribution in [2.45, 2.75) is 43.4 Å². The maximum atomic E-state index is 12.6. The number of rotatable bonds is 10. The first-order valence-electron chi connectivity index (χ1n) is 10.3. The van der Waals surface area contributed by atoms with Crippen LogP contribution in [0.5, 0.6) is 5.75 Å². The predicted molar refractivity (Wildman–Crippen MR) is 116 cm³/mol. The van der Waals surface area contributed by atoms with E-state index in [1.54, 1.807) is 0 Å². The van der Waals surface area contributed by atoms with Crippen LogP contribution in [-0.4, -0.2) is 81.7 Å². The van der Waals surface area contributed by atoms with Crippen LogP contribution in [-0.2, 0) is 11.2 Å². The Hall–Kier alpha value is -2.04. The van der Waals surface area contributed by atoms with Crippen LogP contribution in [0.4, 0.5) is 0 Å². The number of hydrogen-bond acceptors (Lipinski definition) is 8. The molecule has 0 aliphatic carbocycles. The highest BCUT2D eigenvalue weighted by molar-refractivity contribution is 6.31. The molecule has 5 N–H and O–H groups in total. The maximum absolute atomic E-state index is 12.6. The third-order valence-corrected chi connectivity index (χ3v) is 5.73. The molecule has 0 bridgehead atoms. The van der Waals surface area contributed by atoms with E-state index in [1.807, 2.05) is 24.3 Å². The fourth-order valence-corrected chi connectivity index (χ4v) is 3.60. The van der Waals surface area contributed by atoms with Gasteiger partial charge >= 0.3 is 0 Å². The first-order chi connectivity index (χ1) is 15.3. The maximum Gasteiger partial charge on any atom is 0.194 e. The zero-order valence-corrected chi connectivity index (χ0v) is 18.1. The summed E-state index contributed by atoms with van der Waals surface area (Å²) >= 11 is 6.29. The van der Waals surface area contributed by atoms with Gasteiger partial charge in [0.25, 0.3) is 0 Å². The van der Waals surface area contributed by atoms with Crippen molar-refractivity contribution < 1.29 is 39.8 Å². The van der Waals surface area contributed by atoms with Crippen molar-refractivity contribution in [3.63, 3.8) is 0 Å². The Kier molecular flexibility index (Phi) is 8.61. The molecule has 0 saturated carbocycles. The lowest BCUT2D eigenvalue weighted by molar-refractivity contribution is -0.105. The van der Waals surface area contributed by atoms with Gasteiger partial charge in [-0.15, -0.1) is 0 Å². The summed E-state index contributed by atoms with van der Waals surface area (Å²) in [6.45, 7) is 0.445. The third kappa shape index (κ3) is 6.05. The Balaban J connectivity index is 1.69. The van der Waals surface area contributed by atoms with E-state index < -0.39 is 36.8 Å². The summed E-state index contributed by atoms with van der Waals surface area (Å²) in [5, 5.41) is 48.6. The molecule has 4 unspecified atom stereocenters. The van der Waals surface area contributed by atoms with Crippen LogP contribution in [0.15, 0.2) is 42.5 Å². The van der Waals surface area contributed by atoms with Crippen LogP contribution in [0.1, 0.15) is 27.9 Å². The Morgan fingerprint density at radius 3 is 2.44 bits per heavy atom. The molecule has 1 saturated heterocycles. The lowest BCUT2D eigenvalue weighted by Crippen LogP contribution is -2.48. The molecule has 174 valence electrons. The third-order valence-electron chi connectivity index (χ3n) is 5.36. The number of halogens is 1. The molecule has 2 aromatic rings. The smallest absolute Gasteiger partial charge is 0.194 e. The number of benzene rings is 2. The van der Waals surface area contributed by atoms with E-state index in [2.05, 4.69) is 0 Å². The van der Waals surface area contributed by atoms with E-state index >= 15 is 0 Å². The van der Waals surface area contributed by atoms with Crippen molar-refractivity contribution in [2.24, 2.45) is 0 Å². The fourth-order valence-electron chi connectivity index (χ4n) is 3.42. The van der Waals surface area contributed by atoms with Crippen molar-refractivity contribution in [1.29, 1.82) is 0 Å². The van der Waals surface area contributed by atoms with Crippen LogP contribution in [0.2, 0.25) is 5.02 Å². The van der Waals surface area contributed by atoms with Crippen molar-refractivity contribution >= 4 is 17.4 Å². The van der Waals surface area contributed by atoms with Crippen LogP contribution in [0.25, 0.3) is 0 Å². The van der Waals surface area contributed by atoms with Gasteiger partial charge in [0, 0.05) is 17.0 Å². The molecule has 9 heteroatoms. The van der Waals surface area contributed by atoms with E-state index in [4.69, 9.17) is 26.2 Å². The Bertz CT molecular complexity index is 897. The summed E-state index contributed by atoms with van der Waals surface area (Å²) in [7, 11) is 0. The van der Waals surface area contributed by atoms with Gasteiger partial charge in [0.05, 0.1) is 19.8 Å². The lowest BCUT2D eigenvalue weighted by atomic mass is 9.94. The minimum atomic E-state index is -1.99. The molecule has 0 radical (unpaired) electrons. The van der Waals surface area contributed by atoms with Gasteiger partial charge < -0.3 is 35.0 Å². The highest BCUT2D eigenvalue weighted by Gasteiger charge is 2.34. The van der Waals surface area contributed by atoms with E-state index in [0.29, 0.717) is 30.2 Å². The van der Waals surface area contributed by atoms with Gasteiger partial charge in [-0.2, -0.15) is 0 Å². The molecular formula is C23H27ClO8. The number of carbonyl (C=O) groups is 1. The summed E-state index contributed by atoms with van der Waals surface area (Å²) in [5.74, 6) is -0.109. The molecule has 1 fully saturated rings. The van der Waals surface area contributed by atoms with Crippen molar-refractivity contribution in [2.75, 3.05) is 19.8 Å². The summed E-state index contributed by atoms with van der Waals surface area (Å²) < 4.78 is 11.1. The normalized spacial score (nSPS) is 19.9. The molecule has 5 atom stereocenters. The predicted octanol–water partition coefficient (Wildman–Crippen LogP) is 0.717. The Morgan fingerprint density at radius 1 is 1.09 bits per heavy atom. The van der Waals surface area contributed by atoms with E-state index in [9.17, 15) is 25.2 Å². The largest absolute Gasteiger partial charge is 0.488 e. The zero-order chi connectivity index (χ0) is 23.3. The Morgan fingerprint density at radius 2 is 1.81 bits per heavy atom. The quantitative estimate of drug-likeness (QED) is 0.323. The number of aliphatic hydroxyl groups is 5. The summed E-state index contributed by atoms with van der Waals surface area (Å²) in [5.41, 5.74) is 1.64. The van der Waals surface area contributed by atoms with Gasteiger partial charge in [-0.1, -0.05) is 23.7 Å². The molecule has 8 nitrogen and oxygen atoms in total. The molecule has 1 aliphatic heterocycles. The van der Waals surface area contributed by atoms with Gasteiger partial charge in [0.1, 0.15) is 36.3 Å². The summed E-state index contributed by atoms with van der Waals surface area (Å²) in [6.07, 6.45) is -6.22. The highest BCUT2D eigenvalue weighted by Crippen LogP contribution is 2.24. The fraction of sp³-hybridized carbons (Fsp3) is 0.435. The van der Waals surface area contributed by atoms with Crippen molar-refractivity contribution in [1.82, 2.24) is 0 Å². The lowest BCUT2D eigenvalue weighted by Gasteiger charge is -2.25. The van der Waals surface area contributed by atoms with Crippen LogP contribution < -0.4 is 4.74 Å². The summed E-state index contributed by atoms with van der Waals surface area (Å²) in [6, 6.07) is 11.9.